The third kappa shape index (κ3) is 1.87. The zero-order valence-corrected chi connectivity index (χ0v) is 13.2. The summed E-state index contributed by atoms with van der Waals surface area (Å²) >= 11 is 0. The number of phenolic OH excluding ortho intramolecular Hbond substituents is 1. The fourth-order valence-corrected chi connectivity index (χ4v) is 4.54. The topological polar surface area (TPSA) is 57.5 Å². The van der Waals surface area contributed by atoms with Crippen LogP contribution >= 0.6 is 0 Å². The molecule has 3 unspecified atom stereocenters. The second-order valence-electron chi connectivity index (χ2n) is 7.66. The second-order valence-corrected chi connectivity index (χ2v) is 7.66. The Bertz CT molecular complexity index is 617. The van der Waals surface area contributed by atoms with E-state index in [1.54, 1.807) is 6.07 Å². The van der Waals surface area contributed by atoms with Crippen molar-refractivity contribution in [1.82, 2.24) is 0 Å². The maximum atomic E-state index is 12.6. The average molecular weight is 288 g/mol. The maximum absolute atomic E-state index is 12.6. The molecule has 0 amide bonds. The number of aromatic hydroxyl groups is 1. The SMILES string of the molecule is Cc1cc2c(cc1O)C1(C)CCC(O)C(C)(C)C1CC2=O. The first-order valence-electron chi connectivity index (χ1n) is 7.73. The standard InChI is InChI=1S/C18H24O3/c1-10-7-11-12(8-13(10)19)18(4)6-5-16(21)17(2,3)15(18)9-14(11)20/h7-8,15-16,19,21H,5-6,9H2,1-4H3. The van der Waals surface area contributed by atoms with Gasteiger partial charge in [0.1, 0.15) is 5.75 Å². The Morgan fingerprint density at radius 1 is 1.24 bits per heavy atom. The van der Waals surface area contributed by atoms with Crippen molar-refractivity contribution in [1.29, 1.82) is 0 Å². The number of benzene rings is 1. The highest BCUT2D eigenvalue weighted by atomic mass is 16.3. The lowest BCUT2D eigenvalue weighted by molar-refractivity contribution is -0.0687. The molecule has 0 spiro atoms. The number of aliphatic hydroxyl groups excluding tert-OH is 1. The number of aliphatic hydroxyl groups is 1. The Kier molecular flexibility index (Phi) is 3.00. The minimum Gasteiger partial charge on any atom is -0.508 e. The van der Waals surface area contributed by atoms with Crippen molar-refractivity contribution in [3.63, 3.8) is 0 Å². The summed E-state index contributed by atoms with van der Waals surface area (Å²) in [6.07, 6.45) is 1.70. The molecule has 1 fully saturated rings. The summed E-state index contributed by atoms with van der Waals surface area (Å²) in [5.74, 6) is 0.501. The van der Waals surface area contributed by atoms with Gasteiger partial charge in [-0.05, 0) is 59.8 Å². The van der Waals surface area contributed by atoms with Crippen LogP contribution in [0.1, 0.15) is 61.5 Å². The van der Waals surface area contributed by atoms with Gasteiger partial charge in [-0.1, -0.05) is 20.8 Å². The van der Waals surface area contributed by atoms with Crippen molar-refractivity contribution in [2.45, 2.75) is 58.5 Å². The Hall–Kier alpha value is -1.35. The Morgan fingerprint density at radius 2 is 1.90 bits per heavy atom. The largest absolute Gasteiger partial charge is 0.508 e. The lowest BCUT2D eigenvalue weighted by atomic mass is 9.49. The van der Waals surface area contributed by atoms with E-state index in [0.717, 1.165) is 29.5 Å². The van der Waals surface area contributed by atoms with Crippen molar-refractivity contribution < 1.29 is 15.0 Å². The summed E-state index contributed by atoms with van der Waals surface area (Å²) in [7, 11) is 0. The molecule has 21 heavy (non-hydrogen) atoms. The van der Waals surface area contributed by atoms with E-state index in [1.807, 2.05) is 13.0 Å². The summed E-state index contributed by atoms with van der Waals surface area (Å²) < 4.78 is 0. The van der Waals surface area contributed by atoms with E-state index in [-0.39, 0.29) is 34.4 Å². The van der Waals surface area contributed by atoms with E-state index in [9.17, 15) is 15.0 Å². The van der Waals surface area contributed by atoms with Gasteiger partial charge in [-0.3, -0.25) is 4.79 Å². The van der Waals surface area contributed by atoms with Gasteiger partial charge in [-0.15, -0.1) is 0 Å². The molecular weight excluding hydrogens is 264 g/mol. The van der Waals surface area contributed by atoms with Gasteiger partial charge < -0.3 is 10.2 Å². The number of phenols is 1. The number of carbonyl (C=O) groups excluding carboxylic acids is 1. The molecule has 0 saturated heterocycles. The molecule has 0 aliphatic heterocycles. The van der Waals surface area contributed by atoms with Gasteiger partial charge >= 0.3 is 0 Å². The minimum atomic E-state index is -0.371. The van der Waals surface area contributed by atoms with Gasteiger partial charge in [0.25, 0.3) is 0 Å². The van der Waals surface area contributed by atoms with Crippen LogP contribution in [-0.2, 0) is 5.41 Å². The molecule has 114 valence electrons. The van der Waals surface area contributed by atoms with Gasteiger partial charge in [0.05, 0.1) is 6.10 Å². The predicted octanol–water partition coefficient (Wildman–Crippen LogP) is 3.34. The van der Waals surface area contributed by atoms with Crippen LogP contribution in [0.25, 0.3) is 0 Å². The van der Waals surface area contributed by atoms with E-state index < -0.39 is 0 Å². The second kappa shape index (κ2) is 4.33. The molecule has 0 radical (unpaired) electrons. The van der Waals surface area contributed by atoms with Gasteiger partial charge in [0, 0.05) is 12.0 Å². The normalized spacial score (nSPS) is 34.2. The number of aryl methyl sites for hydroxylation is 1. The Morgan fingerprint density at radius 3 is 2.57 bits per heavy atom. The number of rotatable bonds is 0. The summed E-state index contributed by atoms with van der Waals surface area (Å²) in [5.41, 5.74) is 2.03. The number of fused-ring (bicyclic) bond motifs is 3. The number of ketones is 1. The summed E-state index contributed by atoms with van der Waals surface area (Å²) in [6.45, 7) is 8.13. The minimum absolute atomic E-state index is 0.107. The summed E-state index contributed by atoms with van der Waals surface area (Å²) in [4.78, 5) is 12.6. The first-order valence-corrected chi connectivity index (χ1v) is 7.73. The van der Waals surface area contributed by atoms with Crippen LogP contribution in [0, 0.1) is 18.3 Å². The molecule has 0 aromatic heterocycles. The molecule has 2 N–H and O–H groups in total. The lowest BCUT2D eigenvalue weighted by Gasteiger charge is -2.55. The molecule has 1 saturated carbocycles. The highest BCUT2D eigenvalue weighted by Gasteiger charge is 2.55. The van der Waals surface area contributed by atoms with E-state index in [2.05, 4.69) is 20.8 Å². The zero-order chi connectivity index (χ0) is 15.6. The molecule has 3 rings (SSSR count). The lowest BCUT2D eigenvalue weighted by Crippen LogP contribution is -2.54. The Labute approximate surface area is 126 Å². The van der Waals surface area contributed by atoms with Crippen molar-refractivity contribution in [2.24, 2.45) is 11.3 Å². The molecule has 3 nitrogen and oxygen atoms in total. The monoisotopic (exact) mass is 288 g/mol. The molecule has 2 aliphatic rings. The van der Waals surface area contributed by atoms with Gasteiger partial charge in [-0.2, -0.15) is 0 Å². The number of carbonyl (C=O) groups is 1. The van der Waals surface area contributed by atoms with Gasteiger partial charge in [-0.25, -0.2) is 0 Å². The van der Waals surface area contributed by atoms with Crippen LogP contribution in [0.5, 0.6) is 5.75 Å². The first kappa shape index (κ1) is 14.6. The zero-order valence-electron chi connectivity index (χ0n) is 13.2. The number of Topliss-reactive ketones (excluding diaryl/α,β-unsaturated/α-hetero) is 1. The average Bonchev–Trinajstić information content (AvgIpc) is 2.41. The number of hydrogen-bond acceptors (Lipinski definition) is 3. The number of hydrogen-bond donors (Lipinski definition) is 2. The van der Waals surface area contributed by atoms with E-state index in [0.29, 0.717) is 6.42 Å². The van der Waals surface area contributed by atoms with Gasteiger partial charge in [0.2, 0.25) is 0 Å². The highest BCUT2D eigenvalue weighted by molar-refractivity contribution is 6.00. The Balaban J connectivity index is 2.21. The summed E-state index contributed by atoms with van der Waals surface area (Å²) in [5, 5.41) is 20.5. The highest BCUT2D eigenvalue weighted by Crippen LogP contribution is 2.57. The van der Waals surface area contributed by atoms with Crippen molar-refractivity contribution in [3.05, 3.63) is 28.8 Å². The van der Waals surface area contributed by atoms with Crippen molar-refractivity contribution >= 4 is 5.78 Å². The van der Waals surface area contributed by atoms with Crippen LogP contribution < -0.4 is 0 Å². The molecule has 0 bridgehead atoms. The predicted molar refractivity (Wildman–Crippen MR) is 81.7 cm³/mol. The van der Waals surface area contributed by atoms with E-state index in [4.69, 9.17) is 0 Å². The maximum Gasteiger partial charge on any atom is 0.163 e. The first-order chi connectivity index (χ1) is 9.68. The smallest absolute Gasteiger partial charge is 0.163 e. The summed E-state index contributed by atoms with van der Waals surface area (Å²) in [6, 6.07) is 3.61. The fourth-order valence-electron chi connectivity index (χ4n) is 4.54. The van der Waals surface area contributed by atoms with Crippen LogP contribution in [0.3, 0.4) is 0 Å². The van der Waals surface area contributed by atoms with Crippen LogP contribution in [0.15, 0.2) is 12.1 Å². The molecule has 0 heterocycles. The van der Waals surface area contributed by atoms with Crippen molar-refractivity contribution in [2.75, 3.05) is 0 Å². The van der Waals surface area contributed by atoms with Crippen LogP contribution in [0.2, 0.25) is 0 Å². The third-order valence-electron chi connectivity index (χ3n) is 6.10. The third-order valence-corrected chi connectivity index (χ3v) is 6.10. The molecule has 1 aromatic rings. The molecule has 3 atom stereocenters. The van der Waals surface area contributed by atoms with E-state index >= 15 is 0 Å². The van der Waals surface area contributed by atoms with Gasteiger partial charge in [0.15, 0.2) is 5.78 Å². The molecule has 3 heteroatoms. The molecule has 1 aromatic carbocycles. The molecule has 2 aliphatic carbocycles. The quantitative estimate of drug-likeness (QED) is 0.769. The fraction of sp³-hybridized carbons (Fsp3) is 0.611. The molecular formula is C18H24O3. The van der Waals surface area contributed by atoms with Crippen molar-refractivity contribution in [3.8, 4) is 5.75 Å². The van der Waals surface area contributed by atoms with Crippen LogP contribution in [0.4, 0.5) is 0 Å². The van der Waals surface area contributed by atoms with Crippen LogP contribution in [-0.4, -0.2) is 22.1 Å². The van der Waals surface area contributed by atoms with E-state index in [1.165, 1.54) is 0 Å².